The fraction of sp³-hybridized carbons (Fsp3) is 0.100. The molecule has 2 N–H and O–H groups in total. The van der Waals surface area contributed by atoms with Crippen LogP contribution in [0.1, 0.15) is 11.1 Å². The summed E-state index contributed by atoms with van der Waals surface area (Å²) >= 11 is 0. The molecule has 0 unspecified atom stereocenters. The Balaban J connectivity index is 1.95. The van der Waals surface area contributed by atoms with E-state index in [0.717, 1.165) is 5.69 Å². The van der Waals surface area contributed by atoms with Gasteiger partial charge < -0.3 is 4.90 Å². The lowest BCUT2D eigenvalue weighted by Crippen LogP contribution is -2.22. The van der Waals surface area contributed by atoms with E-state index in [9.17, 15) is 25.9 Å². The Hall–Kier alpha value is -2.72. The highest BCUT2D eigenvalue weighted by Crippen LogP contribution is 2.22. The lowest BCUT2D eigenvalue weighted by molar-refractivity contribution is 0.481. The Labute approximate surface area is 169 Å². The van der Waals surface area contributed by atoms with Crippen molar-refractivity contribution in [3.8, 4) is 0 Å². The summed E-state index contributed by atoms with van der Waals surface area (Å²) in [5.41, 5.74) is 2.13. The van der Waals surface area contributed by atoms with E-state index in [1.807, 2.05) is 35.2 Å². The number of para-hydroxylation sites is 1. The minimum absolute atomic E-state index is 0.198. The highest BCUT2D eigenvalue weighted by atomic mass is 32.2. The van der Waals surface area contributed by atoms with Crippen molar-refractivity contribution in [2.24, 2.45) is 0 Å². The summed E-state index contributed by atoms with van der Waals surface area (Å²) in [6.07, 6.45) is 0. The number of nitrogens with zero attached hydrogens (tertiary/aromatic N) is 1. The van der Waals surface area contributed by atoms with E-state index in [0.29, 0.717) is 24.2 Å². The molecule has 3 rings (SSSR count). The summed E-state index contributed by atoms with van der Waals surface area (Å²) in [5.74, 6) is 0. The molecule has 3 aromatic carbocycles. The molecule has 0 spiro atoms. The first kappa shape index (κ1) is 21.0. The fourth-order valence-corrected chi connectivity index (χ4v) is 4.03. The van der Waals surface area contributed by atoms with Gasteiger partial charge in [0.05, 0.1) is 9.79 Å². The first-order chi connectivity index (χ1) is 13.6. The van der Waals surface area contributed by atoms with E-state index in [2.05, 4.69) is 0 Å². The zero-order valence-corrected chi connectivity index (χ0v) is 16.8. The summed E-state index contributed by atoms with van der Waals surface area (Å²) in [6, 6.07) is 21.3. The van der Waals surface area contributed by atoms with Gasteiger partial charge in [0.25, 0.3) is 20.2 Å². The van der Waals surface area contributed by atoms with Crippen LogP contribution < -0.4 is 4.90 Å². The maximum atomic E-state index is 11.4. The highest BCUT2D eigenvalue weighted by Gasteiger charge is 2.15. The van der Waals surface area contributed by atoms with Gasteiger partial charge in [0.1, 0.15) is 0 Å². The molecule has 0 radical (unpaired) electrons. The predicted molar refractivity (Wildman–Crippen MR) is 109 cm³/mol. The van der Waals surface area contributed by atoms with Crippen molar-refractivity contribution >= 4 is 25.9 Å². The van der Waals surface area contributed by atoms with Crippen LogP contribution in [-0.4, -0.2) is 25.9 Å². The maximum Gasteiger partial charge on any atom is 0.294 e. The van der Waals surface area contributed by atoms with E-state index in [1.54, 1.807) is 24.3 Å². The molecule has 0 aliphatic rings. The number of rotatable bonds is 7. The SMILES string of the molecule is O=S(=O)(O)c1cccc(CN(Cc2cccc(S(=O)(=O)O)c2)c2ccccc2)c1. The van der Waals surface area contributed by atoms with E-state index in [4.69, 9.17) is 0 Å². The van der Waals surface area contributed by atoms with Gasteiger partial charge >= 0.3 is 0 Å². The summed E-state index contributed by atoms with van der Waals surface area (Å²) in [4.78, 5) is 1.53. The minimum Gasteiger partial charge on any atom is -0.363 e. The first-order valence-corrected chi connectivity index (χ1v) is 11.4. The molecule has 0 aromatic heterocycles. The molecule has 0 saturated heterocycles. The minimum atomic E-state index is -4.32. The van der Waals surface area contributed by atoms with Gasteiger partial charge in [-0.2, -0.15) is 16.8 Å². The second-order valence-corrected chi connectivity index (χ2v) is 9.28. The normalized spacial score (nSPS) is 11.9. The summed E-state index contributed by atoms with van der Waals surface area (Å²) in [6.45, 7) is 0.618. The largest absolute Gasteiger partial charge is 0.363 e. The Morgan fingerprint density at radius 3 is 1.48 bits per heavy atom. The molecule has 0 amide bonds. The topological polar surface area (TPSA) is 112 Å². The molecule has 0 aliphatic heterocycles. The second kappa shape index (κ2) is 8.34. The number of anilines is 1. The summed E-state index contributed by atoms with van der Waals surface area (Å²) < 4.78 is 64.3. The van der Waals surface area contributed by atoms with Gasteiger partial charge in [-0.15, -0.1) is 0 Å². The van der Waals surface area contributed by atoms with Crippen LogP contribution >= 0.6 is 0 Å². The van der Waals surface area contributed by atoms with E-state index < -0.39 is 20.2 Å². The van der Waals surface area contributed by atoms with Crippen molar-refractivity contribution in [3.63, 3.8) is 0 Å². The summed E-state index contributed by atoms with van der Waals surface area (Å²) in [7, 11) is -8.64. The number of benzene rings is 3. The van der Waals surface area contributed by atoms with Gasteiger partial charge in [-0.3, -0.25) is 9.11 Å². The number of hydrogen-bond donors (Lipinski definition) is 2. The van der Waals surface area contributed by atoms with Crippen molar-refractivity contribution < 1.29 is 25.9 Å². The van der Waals surface area contributed by atoms with E-state index in [1.165, 1.54) is 24.3 Å². The molecular formula is C20H19NO6S2. The molecule has 9 heteroatoms. The molecular weight excluding hydrogens is 414 g/mol. The summed E-state index contributed by atoms with van der Waals surface area (Å²) in [5, 5.41) is 0. The molecule has 0 bridgehead atoms. The Bertz CT molecular complexity index is 1130. The van der Waals surface area contributed by atoms with Gasteiger partial charge in [-0.1, -0.05) is 42.5 Å². The molecule has 152 valence electrons. The van der Waals surface area contributed by atoms with Crippen LogP contribution in [0.15, 0.2) is 88.7 Å². The molecule has 0 heterocycles. The van der Waals surface area contributed by atoms with Crippen molar-refractivity contribution in [3.05, 3.63) is 90.0 Å². The average Bonchev–Trinajstić information content (AvgIpc) is 2.67. The molecule has 0 saturated carbocycles. The van der Waals surface area contributed by atoms with Crippen LogP contribution in [0.3, 0.4) is 0 Å². The zero-order valence-electron chi connectivity index (χ0n) is 15.2. The van der Waals surface area contributed by atoms with Gasteiger partial charge in [-0.05, 0) is 47.5 Å². The molecule has 0 atom stereocenters. The molecule has 0 fully saturated rings. The Morgan fingerprint density at radius 1 is 0.621 bits per heavy atom. The van der Waals surface area contributed by atoms with Gasteiger partial charge in [-0.25, -0.2) is 0 Å². The van der Waals surface area contributed by atoms with Crippen molar-refractivity contribution in [1.82, 2.24) is 0 Å². The van der Waals surface area contributed by atoms with Gasteiger partial charge in [0, 0.05) is 18.8 Å². The predicted octanol–water partition coefficient (Wildman–Crippen LogP) is 3.39. The van der Waals surface area contributed by atoms with Crippen LogP contribution in [0.2, 0.25) is 0 Å². The van der Waals surface area contributed by atoms with Gasteiger partial charge in [0.2, 0.25) is 0 Å². The Morgan fingerprint density at radius 2 is 1.07 bits per heavy atom. The monoisotopic (exact) mass is 433 g/mol. The van der Waals surface area contributed by atoms with Crippen LogP contribution in [-0.2, 0) is 33.3 Å². The zero-order chi connectivity index (χ0) is 21.1. The van der Waals surface area contributed by atoms with Gasteiger partial charge in [0.15, 0.2) is 0 Å². The van der Waals surface area contributed by atoms with Crippen LogP contribution in [0.5, 0.6) is 0 Å². The number of hydrogen-bond acceptors (Lipinski definition) is 5. The lowest BCUT2D eigenvalue weighted by Gasteiger charge is -2.25. The smallest absolute Gasteiger partial charge is 0.294 e. The van der Waals surface area contributed by atoms with E-state index >= 15 is 0 Å². The van der Waals surface area contributed by atoms with E-state index in [-0.39, 0.29) is 9.79 Å². The van der Waals surface area contributed by atoms with Crippen molar-refractivity contribution in [2.45, 2.75) is 22.9 Å². The van der Waals surface area contributed by atoms with Crippen LogP contribution in [0.25, 0.3) is 0 Å². The fourth-order valence-electron chi connectivity index (χ4n) is 2.93. The molecule has 3 aromatic rings. The third-order valence-corrected chi connectivity index (χ3v) is 5.96. The average molecular weight is 434 g/mol. The van der Waals surface area contributed by atoms with Crippen molar-refractivity contribution in [1.29, 1.82) is 0 Å². The molecule has 29 heavy (non-hydrogen) atoms. The van der Waals surface area contributed by atoms with Crippen LogP contribution in [0, 0.1) is 0 Å². The maximum absolute atomic E-state index is 11.4. The highest BCUT2D eigenvalue weighted by molar-refractivity contribution is 7.86. The van der Waals surface area contributed by atoms with Crippen molar-refractivity contribution in [2.75, 3.05) is 4.90 Å². The first-order valence-electron chi connectivity index (χ1n) is 8.56. The Kier molecular flexibility index (Phi) is 6.04. The standard InChI is InChI=1S/C20H19NO6S2/c22-28(23,24)19-10-4-6-16(12-19)14-21(18-8-2-1-3-9-18)15-17-7-5-11-20(13-17)29(25,26)27/h1-13H,14-15H2,(H,22,23,24)(H,25,26,27). The third-order valence-electron chi connectivity index (χ3n) is 4.26. The quantitative estimate of drug-likeness (QED) is 0.549. The third kappa shape index (κ3) is 5.64. The van der Waals surface area contributed by atoms with Crippen LogP contribution in [0.4, 0.5) is 5.69 Å². The molecule has 0 aliphatic carbocycles. The molecule has 7 nitrogen and oxygen atoms in total. The lowest BCUT2D eigenvalue weighted by atomic mass is 10.1. The second-order valence-electron chi connectivity index (χ2n) is 6.44.